The van der Waals surface area contributed by atoms with E-state index in [9.17, 15) is 0 Å². The first kappa shape index (κ1) is 5.76. The van der Waals surface area contributed by atoms with Gasteiger partial charge in [0.05, 0.1) is 12.5 Å². The quantitative estimate of drug-likeness (QED) is 0.426. The van der Waals surface area contributed by atoms with Crippen LogP contribution in [0, 0.1) is 0 Å². The monoisotopic (exact) mass is 147 g/mol. The van der Waals surface area contributed by atoms with E-state index in [1.54, 1.807) is 12.5 Å². The molecular formula is C4H4BrO-. The first-order valence-electron chi connectivity index (χ1n) is 1.47. The van der Waals surface area contributed by atoms with Crippen LogP contribution in [0.2, 0.25) is 0 Å². The summed E-state index contributed by atoms with van der Waals surface area (Å²) in [5, 5.41) is 0. The van der Waals surface area contributed by atoms with Crippen molar-refractivity contribution in [2.24, 2.45) is 0 Å². The van der Waals surface area contributed by atoms with Gasteiger partial charge < -0.3 is 21.4 Å². The summed E-state index contributed by atoms with van der Waals surface area (Å²) in [6, 6.07) is 3.67. The molecule has 0 aliphatic carbocycles. The molecule has 0 unspecified atom stereocenters. The molecule has 0 spiro atoms. The first-order valence-corrected chi connectivity index (χ1v) is 1.47. The number of hydrogen-bond acceptors (Lipinski definition) is 1. The summed E-state index contributed by atoms with van der Waals surface area (Å²) in [5.74, 6) is 0. The second kappa shape index (κ2) is 2.97. The zero-order chi connectivity index (χ0) is 3.54. The molecule has 1 aromatic heterocycles. The molecule has 0 amide bonds. The summed E-state index contributed by atoms with van der Waals surface area (Å²) in [7, 11) is 0. The Morgan fingerprint density at radius 3 is 1.67 bits per heavy atom. The Morgan fingerprint density at radius 2 is 1.50 bits per heavy atom. The minimum atomic E-state index is 0. The van der Waals surface area contributed by atoms with Crippen molar-refractivity contribution in [2.75, 3.05) is 0 Å². The van der Waals surface area contributed by atoms with Gasteiger partial charge in [-0.15, -0.1) is 0 Å². The van der Waals surface area contributed by atoms with E-state index in [2.05, 4.69) is 4.42 Å². The van der Waals surface area contributed by atoms with E-state index in [0.717, 1.165) is 0 Å². The van der Waals surface area contributed by atoms with Crippen LogP contribution in [0.5, 0.6) is 0 Å². The Morgan fingerprint density at radius 1 is 1.00 bits per heavy atom. The summed E-state index contributed by atoms with van der Waals surface area (Å²) in [5.41, 5.74) is 0. The van der Waals surface area contributed by atoms with Crippen molar-refractivity contribution >= 4 is 0 Å². The van der Waals surface area contributed by atoms with Crippen LogP contribution >= 0.6 is 0 Å². The summed E-state index contributed by atoms with van der Waals surface area (Å²) in [4.78, 5) is 0. The molecule has 1 aromatic rings. The molecule has 0 saturated heterocycles. The van der Waals surface area contributed by atoms with Gasteiger partial charge in [0.25, 0.3) is 0 Å². The maximum atomic E-state index is 4.58. The van der Waals surface area contributed by atoms with E-state index in [4.69, 9.17) is 0 Å². The fraction of sp³-hybridized carbons (Fsp3) is 0. The summed E-state index contributed by atoms with van der Waals surface area (Å²) in [6.45, 7) is 0. The van der Waals surface area contributed by atoms with Crippen molar-refractivity contribution in [3.8, 4) is 0 Å². The molecule has 0 saturated carbocycles. The molecule has 34 valence electrons. The topological polar surface area (TPSA) is 13.1 Å². The molecule has 0 aliphatic heterocycles. The number of rotatable bonds is 0. The molecule has 0 bridgehead atoms. The molecule has 1 heterocycles. The highest BCUT2D eigenvalue weighted by molar-refractivity contribution is 4.79. The third-order valence-electron chi connectivity index (χ3n) is 0.425. The van der Waals surface area contributed by atoms with Gasteiger partial charge in [-0.1, -0.05) is 0 Å². The van der Waals surface area contributed by atoms with Gasteiger partial charge in [-0.05, 0) is 12.1 Å². The molecule has 0 N–H and O–H groups in total. The molecule has 0 aliphatic rings. The van der Waals surface area contributed by atoms with E-state index in [-0.39, 0.29) is 17.0 Å². The molecule has 1 rings (SSSR count). The molecule has 0 fully saturated rings. The Bertz CT molecular complexity index is 64.0. The van der Waals surface area contributed by atoms with Crippen molar-refractivity contribution < 1.29 is 21.4 Å². The van der Waals surface area contributed by atoms with Gasteiger partial charge in [-0.25, -0.2) is 0 Å². The second-order valence-corrected chi connectivity index (χ2v) is 0.793. The lowest BCUT2D eigenvalue weighted by Gasteiger charge is -1.50. The van der Waals surface area contributed by atoms with E-state index >= 15 is 0 Å². The first-order chi connectivity index (χ1) is 2.50. The van der Waals surface area contributed by atoms with Crippen LogP contribution < -0.4 is 17.0 Å². The normalized spacial score (nSPS) is 6.67. The molecule has 2 heteroatoms. The Kier molecular flexibility index (Phi) is 2.85. The SMILES string of the molecule is [Br-].c1ccoc1. The third kappa shape index (κ3) is 1.26. The zero-order valence-electron chi connectivity index (χ0n) is 3.10. The van der Waals surface area contributed by atoms with Gasteiger partial charge in [0.15, 0.2) is 0 Å². The highest BCUT2D eigenvalue weighted by atomic mass is 79.9. The number of halogens is 1. The predicted octanol–water partition coefficient (Wildman–Crippen LogP) is -1.72. The van der Waals surface area contributed by atoms with Crippen molar-refractivity contribution in [3.63, 3.8) is 0 Å². The Labute approximate surface area is 46.7 Å². The van der Waals surface area contributed by atoms with E-state index in [1.165, 1.54) is 0 Å². The van der Waals surface area contributed by atoms with Gasteiger partial charge in [0, 0.05) is 0 Å². The standard InChI is InChI=1S/C4H4O.BrH/c1-2-4-5-3-1;/h1-4H;1H/p-1. The zero-order valence-corrected chi connectivity index (χ0v) is 4.68. The van der Waals surface area contributed by atoms with Gasteiger partial charge in [0.1, 0.15) is 0 Å². The molecular weight excluding hydrogens is 144 g/mol. The van der Waals surface area contributed by atoms with Crippen LogP contribution in [0.25, 0.3) is 0 Å². The minimum Gasteiger partial charge on any atom is -1.00 e. The number of hydrogen-bond donors (Lipinski definition) is 0. The third-order valence-corrected chi connectivity index (χ3v) is 0.425. The van der Waals surface area contributed by atoms with Crippen LogP contribution in [0.1, 0.15) is 0 Å². The summed E-state index contributed by atoms with van der Waals surface area (Å²) < 4.78 is 4.58. The molecule has 0 radical (unpaired) electrons. The lowest BCUT2D eigenvalue weighted by atomic mass is 10.7. The fourth-order valence-corrected chi connectivity index (χ4v) is 0.227. The van der Waals surface area contributed by atoms with Crippen LogP contribution in [0.15, 0.2) is 29.1 Å². The van der Waals surface area contributed by atoms with Crippen LogP contribution in [-0.4, -0.2) is 0 Å². The van der Waals surface area contributed by atoms with E-state index in [0.29, 0.717) is 0 Å². The predicted molar refractivity (Wildman–Crippen MR) is 18.7 cm³/mol. The number of furan rings is 1. The van der Waals surface area contributed by atoms with Gasteiger partial charge in [-0.2, -0.15) is 0 Å². The molecule has 0 aromatic carbocycles. The maximum Gasteiger partial charge on any atom is 0.0902 e. The van der Waals surface area contributed by atoms with Crippen LogP contribution in [0.4, 0.5) is 0 Å². The molecule has 1 nitrogen and oxygen atoms in total. The minimum absolute atomic E-state index is 0. The highest BCUT2D eigenvalue weighted by Gasteiger charge is 1.58. The Hall–Kier alpha value is -0.240. The average molecular weight is 148 g/mol. The van der Waals surface area contributed by atoms with Crippen molar-refractivity contribution in [2.45, 2.75) is 0 Å². The molecule has 6 heavy (non-hydrogen) atoms. The van der Waals surface area contributed by atoms with Crippen molar-refractivity contribution in [1.82, 2.24) is 0 Å². The highest BCUT2D eigenvalue weighted by Crippen LogP contribution is 1.79. The van der Waals surface area contributed by atoms with Crippen LogP contribution in [0.3, 0.4) is 0 Å². The second-order valence-electron chi connectivity index (χ2n) is 0.793. The van der Waals surface area contributed by atoms with E-state index < -0.39 is 0 Å². The van der Waals surface area contributed by atoms with Gasteiger partial charge in [0.2, 0.25) is 0 Å². The fourth-order valence-electron chi connectivity index (χ4n) is 0.227. The molecule has 0 atom stereocenters. The largest absolute Gasteiger partial charge is 1.00 e. The van der Waals surface area contributed by atoms with Gasteiger partial charge in [-0.3, -0.25) is 0 Å². The van der Waals surface area contributed by atoms with Crippen molar-refractivity contribution in [3.05, 3.63) is 24.7 Å². The Balaban J connectivity index is 0.000000250. The van der Waals surface area contributed by atoms with Crippen molar-refractivity contribution in [1.29, 1.82) is 0 Å². The summed E-state index contributed by atoms with van der Waals surface area (Å²) in [6.07, 6.45) is 3.25. The summed E-state index contributed by atoms with van der Waals surface area (Å²) >= 11 is 0. The lowest BCUT2D eigenvalue weighted by Crippen LogP contribution is -3.00. The smallest absolute Gasteiger partial charge is 0.0902 e. The lowest BCUT2D eigenvalue weighted by molar-refractivity contribution is -0.00000141. The maximum absolute atomic E-state index is 4.58. The van der Waals surface area contributed by atoms with Crippen LogP contribution in [-0.2, 0) is 0 Å². The average Bonchev–Trinajstić information content (AvgIpc) is 1.76. The van der Waals surface area contributed by atoms with E-state index in [1.807, 2.05) is 12.1 Å². The van der Waals surface area contributed by atoms with Gasteiger partial charge >= 0.3 is 0 Å².